The van der Waals surface area contributed by atoms with E-state index in [1.807, 2.05) is 30.3 Å². The summed E-state index contributed by atoms with van der Waals surface area (Å²) in [5.74, 6) is -0.210. The van der Waals surface area contributed by atoms with Gasteiger partial charge in [0.25, 0.3) is 0 Å². The fourth-order valence-electron chi connectivity index (χ4n) is 2.18. The minimum atomic E-state index is -0.210. The van der Waals surface area contributed by atoms with Crippen LogP contribution < -0.4 is 5.32 Å². The summed E-state index contributed by atoms with van der Waals surface area (Å²) in [6.07, 6.45) is 0. The fourth-order valence-corrected chi connectivity index (χ4v) is 2.46. The lowest BCUT2D eigenvalue weighted by atomic mass is 10.2. The summed E-state index contributed by atoms with van der Waals surface area (Å²) in [6, 6.07) is 13.0. The average Bonchev–Trinajstić information content (AvgIpc) is 2.77. The Kier molecular flexibility index (Phi) is 3.36. The molecular formula is C16H14ClFN2. The number of aryl methyl sites for hydroxylation is 1. The van der Waals surface area contributed by atoms with E-state index < -0.39 is 0 Å². The van der Waals surface area contributed by atoms with Gasteiger partial charge in [0.1, 0.15) is 5.82 Å². The highest BCUT2D eigenvalue weighted by Gasteiger charge is 2.08. The van der Waals surface area contributed by atoms with Gasteiger partial charge in [-0.1, -0.05) is 35.9 Å². The van der Waals surface area contributed by atoms with Crippen molar-refractivity contribution in [2.24, 2.45) is 0 Å². The number of H-pyrrole nitrogens is 1. The maximum Gasteiger partial charge on any atom is 0.128 e. The number of aromatic amines is 1. The third-order valence-electron chi connectivity index (χ3n) is 3.36. The van der Waals surface area contributed by atoms with Gasteiger partial charge < -0.3 is 10.3 Å². The smallest absolute Gasteiger partial charge is 0.128 e. The molecule has 3 aromatic rings. The van der Waals surface area contributed by atoms with Crippen molar-refractivity contribution in [1.82, 2.24) is 4.98 Å². The van der Waals surface area contributed by atoms with Crippen LogP contribution >= 0.6 is 11.6 Å². The summed E-state index contributed by atoms with van der Waals surface area (Å²) in [7, 11) is 0. The molecule has 0 aliphatic rings. The van der Waals surface area contributed by atoms with Gasteiger partial charge in [-0.05, 0) is 30.7 Å². The summed E-state index contributed by atoms with van der Waals surface area (Å²) in [4.78, 5) is 3.27. The molecule has 0 radical (unpaired) electrons. The zero-order valence-corrected chi connectivity index (χ0v) is 11.8. The molecular weight excluding hydrogens is 275 g/mol. The first kappa shape index (κ1) is 13.0. The predicted molar refractivity (Wildman–Crippen MR) is 81.8 cm³/mol. The number of fused-ring (bicyclic) bond motifs is 1. The highest BCUT2D eigenvalue weighted by atomic mass is 35.5. The number of rotatable bonds is 3. The van der Waals surface area contributed by atoms with Crippen molar-refractivity contribution in [3.63, 3.8) is 0 Å². The number of aromatic nitrogens is 1. The van der Waals surface area contributed by atoms with Gasteiger partial charge in [-0.3, -0.25) is 0 Å². The first-order chi connectivity index (χ1) is 9.65. The zero-order chi connectivity index (χ0) is 14.1. The number of hydrogen-bond donors (Lipinski definition) is 2. The van der Waals surface area contributed by atoms with Crippen molar-refractivity contribution < 1.29 is 4.39 Å². The Morgan fingerprint density at radius 2 is 2.00 bits per heavy atom. The van der Waals surface area contributed by atoms with Gasteiger partial charge in [0.05, 0.1) is 17.3 Å². The van der Waals surface area contributed by atoms with Crippen molar-refractivity contribution in [2.45, 2.75) is 13.5 Å². The number of nitrogens with one attached hydrogen (secondary N) is 2. The minimum Gasteiger partial charge on any atom is -0.379 e. The molecule has 102 valence electrons. The van der Waals surface area contributed by atoms with E-state index >= 15 is 0 Å². The van der Waals surface area contributed by atoms with Crippen LogP contribution in [0.25, 0.3) is 10.9 Å². The quantitative estimate of drug-likeness (QED) is 0.706. The lowest BCUT2D eigenvalue weighted by Gasteiger charge is -2.06. The molecule has 4 heteroatoms. The van der Waals surface area contributed by atoms with E-state index in [4.69, 9.17) is 11.6 Å². The van der Waals surface area contributed by atoms with Crippen molar-refractivity contribution >= 4 is 28.2 Å². The van der Waals surface area contributed by atoms with E-state index in [9.17, 15) is 4.39 Å². The SMILES string of the molecule is Cc1ccc(NCc2[nH]c3ccccc3c2Cl)cc1F. The average molecular weight is 289 g/mol. The van der Waals surface area contributed by atoms with Gasteiger partial charge in [0, 0.05) is 16.6 Å². The van der Waals surface area contributed by atoms with Crippen molar-refractivity contribution in [1.29, 1.82) is 0 Å². The molecule has 0 atom stereocenters. The Labute approximate surface area is 121 Å². The van der Waals surface area contributed by atoms with E-state index in [1.165, 1.54) is 6.07 Å². The van der Waals surface area contributed by atoms with Crippen LogP contribution in [-0.2, 0) is 6.54 Å². The van der Waals surface area contributed by atoms with Gasteiger partial charge in [0.2, 0.25) is 0 Å². The van der Waals surface area contributed by atoms with Crippen molar-refractivity contribution in [3.8, 4) is 0 Å². The van der Waals surface area contributed by atoms with Gasteiger partial charge >= 0.3 is 0 Å². The highest BCUT2D eigenvalue weighted by molar-refractivity contribution is 6.36. The molecule has 1 aromatic heterocycles. The van der Waals surface area contributed by atoms with Crippen LogP contribution in [0.1, 0.15) is 11.3 Å². The second-order valence-electron chi connectivity index (χ2n) is 4.78. The molecule has 1 heterocycles. The van der Waals surface area contributed by atoms with E-state index in [1.54, 1.807) is 13.0 Å². The summed E-state index contributed by atoms with van der Waals surface area (Å²) in [5, 5.41) is 4.89. The molecule has 3 rings (SSSR count). The molecule has 0 spiro atoms. The van der Waals surface area contributed by atoms with Crippen LogP contribution in [0, 0.1) is 12.7 Å². The second-order valence-corrected chi connectivity index (χ2v) is 5.16. The minimum absolute atomic E-state index is 0.210. The molecule has 0 unspecified atom stereocenters. The first-order valence-corrected chi connectivity index (χ1v) is 6.78. The number of benzene rings is 2. The van der Waals surface area contributed by atoms with Gasteiger partial charge in [-0.2, -0.15) is 0 Å². The van der Waals surface area contributed by atoms with Gasteiger partial charge in [0.15, 0.2) is 0 Å². The zero-order valence-electron chi connectivity index (χ0n) is 11.0. The molecule has 0 saturated heterocycles. The third-order valence-corrected chi connectivity index (χ3v) is 3.79. The monoisotopic (exact) mass is 288 g/mol. The number of hydrogen-bond acceptors (Lipinski definition) is 1. The van der Waals surface area contributed by atoms with E-state index in [0.717, 1.165) is 22.3 Å². The van der Waals surface area contributed by atoms with Crippen LogP contribution in [0.3, 0.4) is 0 Å². The Morgan fingerprint density at radius 3 is 2.75 bits per heavy atom. The molecule has 20 heavy (non-hydrogen) atoms. The summed E-state index contributed by atoms with van der Waals surface area (Å²) in [6.45, 7) is 2.27. The van der Waals surface area contributed by atoms with Crippen LogP contribution in [0.15, 0.2) is 42.5 Å². The maximum atomic E-state index is 13.5. The molecule has 2 aromatic carbocycles. The molecule has 0 fully saturated rings. The Balaban J connectivity index is 1.83. The first-order valence-electron chi connectivity index (χ1n) is 6.40. The molecule has 0 aliphatic heterocycles. The van der Waals surface area contributed by atoms with Crippen LogP contribution in [0.4, 0.5) is 10.1 Å². The Hall–Kier alpha value is -2.00. The Morgan fingerprint density at radius 1 is 1.20 bits per heavy atom. The summed E-state index contributed by atoms with van der Waals surface area (Å²) >= 11 is 6.33. The molecule has 0 amide bonds. The lowest BCUT2D eigenvalue weighted by molar-refractivity contribution is 0.619. The molecule has 0 bridgehead atoms. The highest BCUT2D eigenvalue weighted by Crippen LogP contribution is 2.27. The predicted octanol–water partition coefficient (Wildman–Crippen LogP) is 4.88. The molecule has 0 saturated carbocycles. The number of para-hydroxylation sites is 1. The van der Waals surface area contributed by atoms with Crippen LogP contribution in [0.2, 0.25) is 5.02 Å². The van der Waals surface area contributed by atoms with Gasteiger partial charge in [-0.15, -0.1) is 0 Å². The van der Waals surface area contributed by atoms with Crippen LogP contribution in [0.5, 0.6) is 0 Å². The van der Waals surface area contributed by atoms with Crippen LogP contribution in [-0.4, -0.2) is 4.98 Å². The lowest BCUT2D eigenvalue weighted by Crippen LogP contribution is -2.00. The topological polar surface area (TPSA) is 27.8 Å². The molecule has 0 aliphatic carbocycles. The summed E-state index contributed by atoms with van der Waals surface area (Å²) in [5.41, 5.74) is 3.28. The number of halogens is 2. The maximum absolute atomic E-state index is 13.5. The third kappa shape index (κ3) is 2.37. The standard InChI is InChI=1S/C16H14ClFN2/c1-10-6-7-11(8-13(10)18)19-9-15-16(17)12-4-2-3-5-14(12)20-15/h2-8,19-20H,9H2,1H3. The van der Waals surface area contributed by atoms with Crippen molar-refractivity contribution in [3.05, 3.63) is 64.6 Å². The normalized spacial score (nSPS) is 10.9. The summed E-state index contributed by atoms with van der Waals surface area (Å²) < 4.78 is 13.5. The second kappa shape index (κ2) is 5.17. The number of anilines is 1. The largest absolute Gasteiger partial charge is 0.379 e. The molecule has 2 N–H and O–H groups in total. The van der Waals surface area contributed by atoms with Gasteiger partial charge in [-0.25, -0.2) is 4.39 Å². The fraction of sp³-hybridized carbons (Fsp3) is 0.125. The van der Waals surface area contributed by atoms with E-state index in [2.05, 4.69) is 10.3 Å². The van der Waals surface area contributed by atoms with Crippen molar-refractivity contribution in [2.75, 3.05) is 5.32 Å². The van der Waals surface area contributed by atoms with E-state index in [0.29, 0.717) is 17.1 Å². The molecule has 2 nitrogen and oxygen atoms in total. The van der Waals surface area contributed by atoms with E-state index in [-0.39, 0.29) is 5.82 Å². The Bertz CT molecular complexity index is 764.